The first-order valence-electron chi connectivity index (χ1n) is 5.94. The summed E-state index contributed by atoms with van der Waals surface area (Å²) in [6, 6.07) is 5.93. The van der Waals surface area contributed by atoms with Crippen molar-refractivity contribution in [1.82, 2.24) is 0 Å². The molecular formula is C13H18N2O2. The largest absolute Gasteiger partial charge is 0.493 e. The van der Waals surface area contributed by atoms with Crippen molar-refractivity contribution in [2.24, 2.45) is 5.73 Å². The Kier molecular flexibility index (Phi) is 3.64. The number of amides is 1. The lowest BCUT2D eigenvalue weighted by atomic mass is 10.0. The fourth-order valence-corrected chi connectivity index (χ4v) is 1.97. The molecule has 2 N–H and O–H groups in total. The van der Waals surface area contributed by atoms with E-state index in [4.69, 9.17) is 10.5 Å². The van der Waals surface area contributed by atoms with Crippen LogP contribution in [-0.2, 0) is 11.2 Å². The molecule has 0 spiro atoms. The third kappa shape index (κ3) is 2.58. The standard InChI is InChI=1S/C13H18N2O2/c1-15-12-9-11(17-8-2-7-14)5-3-10(12)4-6-13(15)16/h3,5,9H,2,4,6-8,14H2,1H3. The van der Waals surface area contributed by atoms with E-state index < -0.39 is 0 Å². The first-order valence-corrected chi connectivity index (χ1v) is 5.94. The van der Waals surface area contributed by atoms with Gasteiger partial charge in [0.1, 0.15) is 5.75 Å². The van der Waals surface area contributed by atoms with Gasteiger partial charge in [0.2, 0.25) is 5.91 Å². The highest BCUT2D eigenvalue weighted by atomic mass is 16.5. The third-order valence-electron chi connectivity index (χ3n) is 3.02. The second-order valence-corrected chi connectivity index (χ2v) is 4.23. The number of aryl methyl sites for hydroxylation is 1. The Morgan fingerprint density at radius 3 is 3.00 bits per heavy atom. The van der Waals surface area contributed by atoms with Gasteiger partial charge in [-0.05, 0) is 31.0 Å². The van der Waals surface area contributed by atoms with E-state index in [0.29, 0.717) is 19.6 Å². The molecule has 0 atom stereocenters. The van der Waals surface area contributed by atoms with E-state index in [1.807, 2.05) is 25.2 Å². The van der Waals surface area contributed by atoms with Crippen LogP contribution in [0.4, 0.5) is 5.69 Å². The number of anilines is 1. The van der Waals surface area contributed by atoms with Gasteiger partial charge in [0.25, 0.3) is 0 Å². The maximum absolute atomic E-state index is 11.6. The molecule has 0 aliphatic carbocycles. The van der Waals surface area contributed by atoms with Crippen LogP contribution < -0.4 is 15.4 Å². The zero-order chi connectivity index (χ0) is 12.3. The van der Waals surface area contributed by atoms with Gasteiger partial charge < -0.3 is 15.4 Å². The molecule has 1 heterocycles. The summed E-state index contributed by atoms with van der Waals surface area (Å²) in [7, 11) is 1.81. The Balaban J connectivity index is 2.14. The second kappa shape index (κ2) is 5.19. The number of hydrogen-bond acceptors (Lipinski definition) is 3. The highest BCUT2D eigenvalue weighted by Gasteiger charge is 2.20. The van der Waals surface area contributed by atoms with E-state index in [2.05, 4.69) is 0 Å². The molecule has 1 aliphatic heterocycles. The van der Waals surface area contributed by atoms with E-state index in [-0.39, 0.29) is 5.91 Å². The third-order valence-corrected chi connectivity index (χ3v) is 3.02. The average Bonchev–Trinajstić information content (AvgIpc) is 2.35. The minimum Gasteiger partial charge on any atom is -0.493 e. The number of carbonyl (C=O) groups excluding carboxylic acids is 1. The van der Waals surface area contributed by atoms with Gasteiger partial charge in [0, 0.05) is 19.5 Å². The topological polar surface area (TPSA) is 55.6 Å². The summed E-state index contributed by atoms with van der Waals surface area (Å²) < 4.78 is 5.58. The van der Waals surface area contributed by atoms with Crippen molar-refractivity contribution in [3.8, 4) is 5.75 Å². The molecule has 0 unspecified atom stereocenters. The van der Waals surface area contributed by atoms with Gasteiger partial charge in [0.15, 0.2) is 0 Å². The molecule has 17 heavy (non-hydrogen) atoms. The molecule has 1 aromatic carbocycles. The number of benzene rings is 1. The minimum absolute atomic E-state index is 0.164. The normalized spacial score (nSPS) is 14.7. The predicted molar refractivity (Wildman–Crippen MR) is 67.3 cm³/mol. The maximum atomic E-state index is 11.6. The predicted octanol–water partition coefficient (Wildman–Crippen LogP) is 1.32. The Morgan fingerprint density at radius 1 is 1.41 bits per heavy atom. The summed E-state index contributed by atoms with van der Waals surface area (Å²) in [5.74, 6) is 0.968. The molecule has 0 radical (unpaired) electrons. The fraction of sp³-hybridized carbons (Fsp3) is 0.462. The fourth-order valence-electron chi connectivity index (χ4n) is 1.97. The van der Waals surface area contributed by atoms with E-state index in [1.165, 1.54) is 5.56 Å². The van der Waals surface area contributed by atoms with Crippen LogP contribution in [0.1, 0.15) is 18.4 Å². The maximum Gasteiger partial charge on any atom is 0.227 e. The number of ether oxygens (including phenoxy) is 1. The van der Waals surface area contributed by atoms with Crippen molar-refractivity contribution in [2.45, 2.75) is 19.3 Å². The van der Waals surface area contributed by atoms with Gasteiger partial charge in [-0.2, -0.15) is 0 Å². The summed E-state index contributed by atoms with van der Waals surface area (Å²) in [5.41, 5.74) is 7.58. The van der Waals surface area contributed by atoms with Gasteiger partial charge in [0.05, 0.1) is 12.3 Å². The zero-order valence-corrected chi connectivity index (χ0v) is 10.1. The molecule has 2 rings (SSSR count). The van der Waals surface area contributed by atoms with Crippen molar-refractivity contribution in [1.29, 1.82) is 0 Å². The van der Waals surface area contributed by atoms with E-state index >= 15 is 0 Å². The number of nitrogens with two attached hydrogens (primary N) is 1. The molecule has 92 valence electrons. The second-order valence-electron chi connectivity index (χ2n) is 4.23. The number of hydrogen-bond donors (Lipinski definition) is 1. The zero-order valence-electron chi connectivity index (χ0n) is 10.1. The number of carbonyl (C=O) groups is 1. The molecule has 0 aromatic heterocycles. The van der Waals surface area contributed by atoms with Crippen molar-refractivity contribution in [3.63, 3.8) is 0 Å². The quantitative estimate of drug-likeness (QED) is 0.799. The lowest BCUT2D eigenvalue weighted by Gasteiger charge is -2.26. The Labute approximate surface area is 101 Å². The van der Waals surface area contributed by atoms with Crippen LogP contribution >= 0.6 is 0 Å². The Hall–Kier alpha value is -1.55. The molecule has 1 aliphatic rings. The molecule has 0 saturated carbocycles. The average molecular weight is 234 g/mol. The van der Waals surface area contributed by atoms with Gasteiger partial charge in [-0.25, -0.2) is 0 Å². The van der Waals surface area contributed by atoms with Gasteiger partial charge in [-0.15, -0.1) is 0 Å². The molecule has 0 fully saturated rings. The highest BCUT2D eigenvalue weighted by Crippen LogP contribution is 2.30. The van der Waals surface area contributed by atoms with Crippen LogP contribution in [0.2, 0.25) is 0 Å². The summed E-state index contributed by atoms with van der Waals surface area (Å²) in [6.45, 7) is 1.25. The summed E-state index contributed by atoms with van der Waals surface area (Å²) >= 11 is 0. The van der Waals surface area contributed by atoms with E-state index in [0.717, 1.165) is 24.3 Å². The van der Waals surface area contributed by atoms with Crippen molar-refractivity contribution in [3.05, 3.63) is 23.8 Å². The van der Waals surface area contributed by atoms with Gasteiger partial charge in [-0.3, -0.25) is 4.79 Å². The SMILES string of the molecule is CN1C(=O)CCc2ccc(OCCCN)cc21. The van der Waals surface area contributed by atoms with E-state index in [1.54, 1.807) is 4.90 Å². The van der Waals surface area contributed by atoms with Crippen LogP contribution in [0.3, 0.4) is 0 Å². The van der Waals surface area contributed by atoms with Crippen LogP contribution in [0.15, 0.2) is 18.2 Å². The molecule has 0 saturated heterocycles. The Morgan fingerprint density at radius 2 is 2.24 bits per heavy atom. The molecule has 0 bridgehead atoms. The number of fused-ring (bicyclic) bond motifs is 1. The molecule has 1 aromatic rings. The molecule has 1 amide bonds. The lowest BCUT2D eigenvalue weighted by molar-refractivity contribution is -0.118. The molecule has 4 heteroatoms. The van der Waals surface area contributed by atoms with Crippen molar-refractivity contribution >= 4 is 11.6 Å². The summed E-state index contributed by atoms with van der Waals surface area (Å²) in [6.07, 6.45) is 2.25. The highest BCUT2D eigenvalue weighted by molar-refractivity contribution is 5.96. The smallest absolute Gasteiger partial charge is 0.227 e. The van der Waals surface area contributed by atoms with Crippen LogP contribution in [0.5, 0.6) is 5.75 Å². The van der Waals surface area contributed by atoms with Crippen LogP contribution in [0, 0.1) is 0 Å². The summed E-state index contributed by atoms with van der Waals surface area (Å²) in [5, 5.41) is 0. The first-order chi connectivity index (χ1) is 8.22. The molecule has 4 nitrogen and oxygen atoms in total. The van der Waals surface area contributed by atoms with Gasteiger partial charge >= 0.3 is 0 Å². The number of nitrogens with zero attached hydrogens (tertiary/aromatic N) is 1. The molecular weight excluding hydrogens is 216 g/mol. The van der Waals surface area contributed by atoms with E-state index in [9.17, 15) is 4.79 Å². The first kappa shape index (κ1) is 11.9. The summed E-state index contributed by atoms with van der Waals surface area (Å²) in [4.78, 5) is 13.3. The van der Waals surface area contributed by atoms with Crippen molar-refractivity contribution in [2.75, 3.05) is 25.1 Å². The van der Waals surface area contributed by atoms with Crippen LogP contribution in [-0.4, -0.2) is 26.1 Å². The lowest BCUT2D eigenvalue weighted by Crippen LogP contribution is -2.31. The Bertz CT molecular complexity index is 418. The van der Waals surface area contributed by atoms with Crippen LogP contribution in [0.25, 0.3) is 0 Å². The van der Waals surface area contributed by atoms with Crippen molar-refractivity contribution < 1.29 is 9.53 Å². The number of rotatable bonds is 4. The monoisotopic (exact) mass is 234 g/mol. The minimum atomic E-state index is 0.164. The van der Waals surface area contributed by atoms with Gasteiger partial charge in [-0.1, -0.05) is 6.07 Å².